The summed E-state index contributed by atoms with van der Waals surface area (Å²) < 4.78 is 0. The molecular weight excluding hydrogens is 148 g/mol. The minimum atomic E-state index is 0.452. The van der Waals surface area contributed by atoms with Crippen LogP contribution in [-0.4, -0.2) is 37.6 Å². The Labute approximate surface area is 76.3 Å². The molecule has 2 heteroatoms. The minimum Gasteiger partial charge on any atom is -0.317 e. The molecule has 1 aliphatic carbocycles. The number of hydrogen-bond donors (Lipinski definition) is 1. The Morgan fingerprint density at radius 2 is 1.75 bits per heavy atom. The predicted octanol–water partition coefficient (Wildman–Crippen LogP) is 1.47. The van der Waals surface area contributed by atoms with E-state index in [0.29, 0.717) is 5.54 Å². The van der Waals surface area contributed by atoms with Crippen molar-refractivity contribution in [3.8, 4) is 0 Å². The molecule has 12 heavy (non-hydrogen) atoms. The van der Waals surface area contributed by atoms with E-state index in [0.717, 1.165) is 6.04 Å². The standard InChI is InChI=1S/C10H22N2/c1-10(12(3)4)7-5-9(11-2)6-8-10/h9,11H,5-8H2,1-4H3. The number of hydrogen-bond acceptors (Lipinski definition) is 2. The molecule has 1 rings (SSSR count). The quantitative estimate of drug-likeness (QED) is 0.675. The lowest BCUT2D eigenvalue weighted by atomic mass is 9.80. The van der Waals surface area contributed by atoms with Gasteiger partial charge in [0.15, 0.2) is 0 Å². The third kappa shape index (κ3) is 1.99. The topological polar surface area (TPSA) is 15.3 Å². The fraction of sp³-hybridized carbons (Fsp3) is 1.00. The zero-order valence-electron chi connectivity index (χ0n) is 8.85. The molecule has 2 nitrogen and oxygen atoms in total. The molecule has 0 aromatic carbocycles. The van der Waals surface area contributed by atoms with E-state index in [2.05, 4.69) is 38.3 Å². The van der Waals surface area contributed by atoms with Gasteiger partial charge in [-0.3, -0.25) is 0 Å². The third-order valence-electron chi connectivity index (χ3n) is 3.55. The maximum atomic E-state index is 3.36. The Morgan fingerprint density at radius 3 is 2.08 bits per heavy atom. The zero-order valence-corrected chi connectivity index (χ0v) is 8.85. The van der Waals surface area contributed by atoms with Crippen LogP contribution in [0.25, 0.3) is 0 Å². The second-order valence-electron chi connectivity index (χ2n) is 4.45. The fourth-order valence-electron chi connectivity index (χ4n) is 1.98. The molecule has 0 heterocycles. The molecule has 0 aromatic heterocycles. The summed E-state index contributed by atoms with van der Waals surface area (Å²) in [5.74, 6) is 0. The normalized spacial score (nSPS) is 37.2. The van der Waals surface area contributed by atoms with Crippen molar-refractivity contribution in [1.82, 2.24) is 10.2 Å². The van der Waals surface area contributed by atoms with E-state index in [9.17, 15) is 0 Å². The molecule has 0 amide bonds. The average Bonchev–Trinajstić information content (AvgIpc) is 2.06. The van der Waals surface area contributed by atoms with Crippen LogP contribution >= 0.6 is 0 Å². The van der Waals surface area contributed by atoms with Gasteiger partial charge in [-0.25, -0.2) is 0 Å². The van der Waals surface area contributed by atoms with Gasteiger partial charge in [0.05, 0.1) is 0 Å². The lowest BCUT2D eigenvalue weighted by molar-refractivity contribution is 0.108. The van der Waals surface area contributed by atoms with Crippen molar-refractivity contribution in [1.29, 1.82) is 0 Å². The van der Waals surface area contributed by atoms with Crippen molar-refractivity contribution in [2.24, 2.45) is 0 Å². The van der Waals surface area contributed by atoms with Crippen molar-refractivity contribution in [2.75, 3.05) is 21.1 Å². The number of nitrogens with one attached hydrogen (secondary N) is 1. The largest absolute Gasteiger partial charge is 0.317 e. The van der Waals surface area contributed by atoms with Crippen LogP contribution in [0.5, 0.6) is 0 Å². The van der Waals surface area contributed by atoms with Crippen LogP contribution in [-0.2, 0) is 0 Å². The van der Waals surface area contributed by atoms with Gasteiger partial charge in [-0.2, -0.15) is 0 Å². The minimum absolute atomic E-state index is 0.452. The first-order valence-electron chi connectivity index (χ1n) is 4.93. The summed E-state index contributed by atoms with van der Waals surface area (Å²) in [5, 5.41) is 3.36. The Hall–Kier alpha value is -0.0800. The highest BCUT2D eigenvalue weighted by atomic mass is 15.1. The van der Waals surface area contributed by atoms with Crippen molar-refractivity contribution >= 4 is 0 Å². The molecule has 0 spiro atoms. The molecule has 0 saturated heterocycles. The smallest absolute Gasteiger partial charge is 0.0176 e. The van der Waals surface area contributed by atoms with Crippen molar-refractivity contribution in [2.45, 2.75) is 44.2 Å². The molecule has 0 unspecified atom stereocenters. The van der Waals surface area contributed by atoms with Crippen molar-refractivity contribution < 1.29 is 0 Å². The molecule has 0 aliphatic heterocycles. The monoisotopic (exact) mass is 170 g/mol. The molecule has 1 aliphatic rings. The van der Waals surface area contributed by atoms with Crippen LogP contribution in [0.1, 0.15) is 32.6 Å². The number of rotatable bonds is 2. The fourth-order valence-corrected chi connectivity index (χ4v) is 1.98. The molecule has 1 N–H and O–H groups in total. The molecule has 1 fully saturated rings. The summed E-state index contributed by atoms with van der Waals surface area (Å²) in [5.41, 5.74) is 0.452. The number of nitrogens with zero attached hydrogens (tertiary/aromatic N) is 1. The molecular formula is C10H22N2. The van der Waals surface area contributed by atoms with E-state index < -0.39 is 0 Å². The van der Waals surface area contributed by atoms with Gasteiger partial charge in [0.1, 0.15) is 0 Å². The maximum absolute atomic E-state index is 3.36. The first kappa shape index (κ1) is 10.0. The van der Waals surface area contributed by atoms with E-state index in [1.807, 2.05) is 0 Å². The summed E-state index contributed by atoms with van der Waals surface area (Å²) in [4.78, 5) is 2.37. The van der Waals surface area contributed by atoms with E-state index in [1.54, 1.807) is 0 Å². The first-order chi connectivity index (χ1) is 5.58. The summed E-state index contributed by atoms with van der Waals surface area (Å²) in [7, 11) is 6.46. The average molecular weight is 170 g/mol. The van der Waals surface area contributed by atoms with Crippen molar-refractivity contribution in [3.63, 3.8) is 0 Å². The highest BCUT2D eigenvalue weighted by Gasteiger charge is 2.31. The van der Waals surface area contributed by atoms with Gasteiger partial charge in [-0.1, -0.05) is 0 Å². The zero-order chi connectivity index (χ0) is 9.19. The van der Waals surface area contributed by atoms with Gasteiger partial charge in [-0.15, -0.1) is 0 Å². The van der Waals surface area contributed by atoms with E-state index in [1.165, 1.54) is 25.7 Å². The SMILES string of the molecule is CNC1CCC(C)(N(C)C)CC1. The first-order valence-corrected chi connectivity index (χ1v) is 4.93. The van der Waals surface area contributed by atoms with Gasteiger partial charge in [0.2, 0.25) is 0 Å². The van der Waals surface area contributed by atoms with E-state index >= 15 is 0 Å². The summed E-state index contributed by atoms with van der Waals surface area (Å²) in [6, 6.07) is 0.762. The van der Waals surface area contributed by atoms with E-state index in [-0.39, 0.29) is 0 Å². The Kier molecular flexibility index (Phi) is 3.13. The van der Waals surface area contributed by atoms with Crippen LogP contribution in [0.15, 0.2) is 0 Å². The molecule has 0 bridgehead atoms. The third-order valence-corrected chi connectivity index (χ3v) is 3.55. The molecule has 0 atom stereocenters. The lowest BCUT2D eigenvalue weighted by Crippen LogP contribution is -2.47. The molecule has 72 valence electrons. The van der Waals surface area contributed by atoms with Gasteiger partial charge in [0, 0.05) is 11.6 Å². The second-order valence-corrected chi connectivity index (χ2v) is 4.45. The predicted molar refractivity (Wildman–Crippen MR) is 53.4 cm³/mol. The van der Waals surface area contributed by atoms with Crippen LogP contribution in [0.2, 0.25) is 0 Å². The Bertz CT molecular complexity index is 135. The summed E-state index contributed by atoms with van der Waals surface area (Å²) in [6.45, 7) is 2.37. The van der Waals surface area contributed by atoms with Gasteiger partial charge >= 0.3 is 0 Å². The Balaban J connectivity index is 2.44. The van der Waals surface area contributed by atoms with Gasteiger partial charge in [-0.05, 0) is 53.8 Å². The van der Waals surface area contributed by atoms with Gasteiger partial charge in [0.25, 0.3) is 0 Å². The van der Waals surface area contributed by atoms with Crippen LogP contribution in [0.4, 0.5) is 0 Å². The Morgan fingerprint density at radius 1 is 1.25 bits per heavy atom. The van der Waals surface area contributed by atoms with Crippen LogP contribution in [0, 0.1) is 0 Å². The van der Waals surface area contributed by atoms with Crippen LogP contribution < -0.4 is 5.32 Å². The molecule has 0 radical (unpaired) electrons. The molecule has 1 saturated carbocycles. The van der Waals surface area contributed by atoms with E-state index in [4.69, 9.17) is 0 Å². The van der Waals surface area contributed by atoms with Crippen LogP contribution in [0.3, 0.4) is 0 Å². The summed E-state index contributed by atoms with van der Waals surface area (Å²) in [6.07, 6.45) is 5.30. The van der Waals surface area contributed by atoms with Crippen molar-refractivity contribution in [3.05, 3.63) is 0 Å². The van der Waals surface area contributed by atoms with Gasteiger partial charge < -0.3 is 10.2 Å². The molecule has 0 aromatic rings. The maximum Gasteiger partial charge on any atom is 0.0176 e. The lowest BCUT2D eigenvalue weighted by Gasteiger charge is -2.42. The summed E-state index contributed by atoms with van der Waals surface area (Å²) >= 11 is 0. The highest BCUT2D eigenvalue weighted by Crippen LogP contribution is 2.31. The second kappa shape index (κ2) is 3.75. The highest BCUT2D eigenvalue weighted by molar-refractivity contribution is 4.90.